The standard InChI is InChI=1S/C13H15N3O3S2/c1-8-3-4-10(13(14)20)6-12(8)21(17,18)15-7-11-5-9(2)16-19-11/h3-6,15H,7H2,1-2H3,(H2,14,20). The van der Waals surface area contributed by atoms with Gasteiger partial charge < -0.3 is 10.3 Å². The Bertz CT molecular complexity index is 782. The van der Waals surface area contributed by atoms with E-state index in [1.165, 1.54) is 6.07 Å². The smallest absolute Gasteiger partial charge is 0.241 e. The Morgan fingerprint density at radius 2 is 2.10 bits per heavy atom. The van der Waals surface area contributed by atoms with Crippen molar-refractivity contribution in [3.8, 4) is 0 Å². The molecule has 0 saturated heterocycles. The number of hydrogen-bond acceptors (Lipinski definition) is 5. The number of aryl methyl sites for hydroxylation is 2. The van der Waals surface area contributed by atoms with Crippen molar-refractivity contribution in [3.63, 3.8) is 0 Å². The number of thiocarbonyl (C=S) groups is 1. The normalized spacial score (nSPS) is 11.5. The summed E-state index contributed by atoms with van der Waals surface area (Å²) in [6, 6.07) is 6.49. The maximum atomic E-state index is 12.4. The molecule has 0 fully saturated rings. The minimum absolute atomic E-state index is 0.0277. The second-order valence-corrected chi connectivity index (χ2v) is 6.78. The molecule has 0 aliphatic carbocycles. The first-order valence-electron chi connectivity index (χ1n) is 6.12. The van der Waals surface area contributed by atoms with Crippen LogP contribution in [0.5, 0.6) is 0 Å². The summed E-state index contributed by atoms with van der Waals surface area (Å²) in [6.07, 6.45) is 0. The summed E-state index contributed by atoms with van der Waals surface area (Å²) in [5.41, 5.74) is 7.34. The van der Waals surface area contributed by atoms with Crippen LogP contribution in [-0.2, 0) is 16.6 Å². The zero-order valence-corrected chi connectivity index (χ0v) is 13.2. The summed E-state index contributed by atoms with van der Waals surface area (Å²) < 4.78 is 32.1. The molecule has 6 nitrogen and oxygen atoms in total. The molecule has 2 rings (SSSR count). The number of sulfonamides is 1. The zero-order chi connectivity index (χ0) is 15.6. The van der Waals surface area contributed by atoms with Crippen molar-refractivity contribution < 1.29 is 12.9 Å². The lowest BCUT2D eigenvalue weighted by Crippen LogP contribution is -2.24. The SMILES string of the molecule is Cc1cc(CNS(=O)(=O)c2cc(C(N)=S)ccc2C)on1. The van der Waals surface area contributed by atoms with Crippen LogP contribution in [0.25, 0.3) is 0 Å². The molecule has 112 valence electrons. The Kier molecular flexibility index (Phi) is 4.40. The Morgan fingerprint density at radius 1 is 1.38 bits per heavy atom. The molecule has 0 spiro atoms. The van der Waals surface area contributed by atoms with Crippen molar-refractivity contribution in [2.45, 2.75) is 25.3 Å². The van der Waals surface area contributed by atoms with E-state index in [-0.39, 0.29) is 16.4 Å². The largest absolute Gasteiger partial charge is 0.389 e. The third-order valence-electron chi connectivity index (χ3n) is 2.88. The number of rotatable bonds is 5. The van der Waals surface area contributed by atoms with Crippen LogP contribution in [-0.4, -0.2) is 18.6 Å². The molecule has 21 heavy (non-hydrogen) atoms. The van der Waals surface area contributed by atoms with Gasteiger partial charge in [0.05, 0.1) is 17.1 Å². The van der Waals surface area contributed by atoms with Crippen molar-refractivity contribution in [2.24, 2.45) is 5.73 Å². The van der Waals surface area contributed by atoms with Gasteiger partial charge >= 0.3 is 0 Å². The van der Waals surface area contributed by atoms with E-state index >= 15 is 0 Å². The van der Waals surface area contributed by atoms with Gasteiger partial charge in [-0.1, -0.05) is 29.5 Å². The molecule has 0 bridgehead atoms. The van der Waals surface area contributed by atoms with Crippen LogP contribution in [0.4, 0.5) is 0 Å². The molecule has 0 aliphatic rings. The van der Waals surface area contributed by atoms with Crippen molar-refractivity contribution in [1.82, 2.24) is 9.88 Å². The molecule has 1 heterocycles. The van der Waals surface area contributed by atoms with Crippen LogP contribution in [0.1, 0.15) is 22.6 Å². The molecule has 1 aromatic carbocycles. The molecular formula is C13H15N3O3S2. The lowest BCUT2D eigenvalue weighted by Gasteiger charge is -2.10. The third-order valence-corrected chi connectivity index (χ3v) is 4.65. The van der Waals surface area contributed by atoms with Crippen molar-refractivity contribution >= 4 is 27.2 Å². The second kappa shape index (κ2) is 5.92. The molecule has 0 amide bonds. The maximum absolute atomic E-state index is 12.4. The topological polar surface area (TPSA) is 98.2 Å². The maximum Gasteiger partial charge on any atom is 0.241 e. The summed E-state index contributed by atoms with van der Waals surface area (Å²) in [6.45, 7) is 3.49. The van der Waals surface area contributed by atoms with E-state index in [2.05, 4.69) is 9.88 Å². The van der Waals surface area contributed by atoms with Crippen molar-refractivity contribution in [1.29, 1.82) is 0 Å². The molecule has 2 aromatic rings. The number of benzene rings is 1. The predicted octanol–water partition coefficient (Wildman–Crippen LogP) is 1.40. The van der Waals surface area contributed by atoms with Crippen LogP contribution >= 0.6 is 12.2 Å². The monoisotopic (exact) mass is 325 g/mol. The van der Waals surface area contributed by atoms with E-state index in [9.17, 15) is 8.42 Å². The minimum atomic E-state index is -3.69. The molecule has 0 unspecified atom stereocenters. The predicted molar refractivity (Wildman–Crippen MR) is 82.3 cm³/mol. The van der Waals surface area contributed by atoms with Crippen LogP contribution in [0.3, 0.4) is 0 Å². The van der Waals surface area contributed by atoms with Gasteiger partial charge in [-0.05, 0) is 25.5 Å². The first kappa shape index (κ1) is 15.6. The Balaban J connectivity index is 2.26. The van der Waals surface area contributed by atoms with Crippen LogP contribution in [0, 0.1) is 13.8 Å². The van der Waals surface area contributed by atoms with Crippen molar-refractivity contribution in [3.05, 3.63) is 46.8 Å². The average molecular weight is 325 g/mol. The van der Waals surface area contributed by atoms with Gasteiger partial charge in [0.1, 0.15) is 4.99 Å². The van der Waals surface area contributed by atoms with Crippen LogP contribution in [0.15, 0.2) is 33.7 Å². The van der Waals surface area contributed by atoms with E-state index in [1.807, 2.05) is 0 Å². The van der Waals surface area contributed by atoms with E-state index in [0.29, 0.717) is 22.6 Å². The van der Waals surface area contributed by atoms with Gasteiger partial charge in [-0.3, -0.25) is 0 Å². The number of nitrogens with two attached hydrogens (primary N) is 1. The fraction of sp³-hybridized carbons (Fsp3) is 0.231. The lowest BCUT2D eigenvalue weighted by molar-refractivity contribution is 0.377. The Hall–Kier alpha value is -1.77. The molecule has 0 radical (unpaired) electrons. The fourth-order valence-corrected chi connectivity index (χ4v) is 3.18. The highest BCUT2D eigenvalue weighted by atomic mass is 32.2. The highest BCUT2D eigenvalue weighted by Crippen LogP contribution is 2.17. The molecule has 0 aliphatic heterocycles. The Morgan fingerprint density at radius 3 is 2.67 bits per heavy atom. The molecule has 8 heteroatoms. The van der Waals surface area contributed by atoms with Crippen LogP contribution in [0.2, 0.25) is 0 Å². The van der Waals surface area contributed by atoms with Gasteiger partial charge in [-0.25, -0.2) is 13.1 Å². The summed E-state index contributed by atoms with van der Waals surface area (Å²) in [4.78, 5) is 0.293. The molecule has 1 aromatic heterocycles. The average Bonchev–Trinajstić information content (AvgIpc) is 2.82. The van der Waals surface area contributed by atoms with E-state index in [0.717, 1.165) is 0 Å². The summed E-state index contributed by atoms with van der Waals surface area (Å²) in [7, 11) is -3.69. The highest BCUT2D eigenvalue weighted by molar-refractivity contribution is 7.89. The summed E-state index contributed by atoms with van der Waals surface area (Å²) in [5.74, 6) is 0.444. The van der Waals surface area contributed by atoms with Gasteiger partial charge in [0.2, 0.25) is 10.0 Å². The minimum Gasteiger partial charge on any atom is -0.389 e. The molecule has 0 atom stereocenters. The van der Waals surface area contributed by atoms with Gasteiger partial charge in [-0.15, -0.1) is 0 Å². The number of hydrogen-bond donors (Lipinski definition) is 2. The molecule has 3 N–H and O–H groups in total. The van der Waals surface area contributed by atoms with Crippen molar-refractivity contribution in [2.75, 3.05) is 0 Å². The Labute approximate surface area is 128 Å². The van der Waals surface area contributed by atoms with E-state index in [4.69, 9.17) is 22.5 Å². The number of aromatic nitrogens is 1. The van der Waals surface area contributed by atoms with Gasteiger partial charge in [0.25, 0.3) is 0 Å². The second-order valence-electron chi connectivity index (χ2n) is 4.60. The summed E-state index contributed by atoms with van der Waals surface area (Å²) in [5, 5.41) is 3.70. The third kappa shape index (κ3) is 3.66. The highest BCUT2D eigenvalue weighted by Gasteiger charge is 2.18. The first-order valence-corrected chi connectivity index (χ1v) is 8.01. The van der Waals surface area contributed by atoms with Crippen LogP contribution < -0.4 is 10.5 Å². The molecular weight excluding hydrogens is 310 g/mol. The summed E-state index contributed by atoms with van der Waals surface area (Å²) >= 11 is 4.87. The van der Waals surface area contributed by atoms with E-state index in [1.54, 1.807) is 32.0 Å². The zero-order valence-electron chi connectivity index (χ0n) is 11.6. The quantitative estimate of drug-likeness (QED) is 0.807. The van der Waals surface area contributed by atoms with Gasteiger partial charge in [0.15, 0.2) is 5.76 Å². The van der Waals surface area contributed by atoms with Gasteiger partial charge in [0, 0.05) is 11.6 Å². The number of nitrogens with one attached hydrogen (secondary N) is 1. The number of nitrogens with zero attached hydrogens (tertiary/aromatic N) is 1. The van der Waals surface area contributed by atoms with E-state index < -0.39 is 10.0 Å². The fourth-order valence-electron chi connectivity index (χ4n) is 1.79. The lowest BCUT2D eigenvalue weighted by atomic mass is 10.1. The first-order chi connectivity index (χ1) is 9.79. The molecule has 0 saturated carbocycles. The van der Waals surface area contributed by atoms with Gasteiger partial charge in [-0.2, -0.15) is 0 Å².